The number of unbranched alkanes of at least 4 members (excludes halogenated alkanes) is 1. The van der Waals surface area contributed by atoms with E-state index in [9.17, 15) is 0 Å². The maximum atomic E-state index is 5.70. The topological polar surface area (TPSA) is 67.6 Å². The second-order valence-corrected chi connectivity index (χ2v) is 6.08. The number of aryl methyl sites for hydroxylation is 1. The van der Waals surface area contributed by atoms with E-state index in [0.29, 0.717) is 0 Å². The van der Waals surface area contributed by atoms with Crippen molar-refractivity contribution in [3.8, 4) is 0 Å². The predicted molar refractivity (Wildman–Crippen MR) is 107 cm³/mol. The lowest BCUT2D eigenvalue weighted by Gasteiger charge is -2.22. The number of aliphatic imine (C=N–C) groups is 1. The number of nitrogens with one attached hydrogen (secondary N) is 1. The van der Waals surface area contributed by atoms with E-state index in [1.165, 1.54) is 12.8 Å². The fourth-order valence-corrected chi connectivity index (χ4v) is 2.24. The van der Waals surface area contributed by atoms with Gasteiger partial charge in [0.25, 0.3) is 0 Å². The molecule has 1 N–H and O–H groups in total. The third-order valence-electron chi connectivity index (χ3n) is 3.87. The van der Waals surface area contributed by atoms with Crippen LogP contribution in [-0.2, 0) is 11.3 Å². The second-order valence-electron chi connectivity index (χ2n) is 6.08. The molecule has 2 rings (SSSR count). The highest BCUT2D eigenvalue weighted by Gasteiger charge is 2.21. The fraction of sp³-hybridized carbons (Fsp3) is 0.812. The molecule has 1 fully saturated rings. The van der Waals surface area contributed by atoms with Gasteiger partial charge in [-0.2, -0.15) is 0 Å². The van der Waals surface area contributed by atoms with Crippen LogP contribution in [0.3, 0.4) is 0 Å². The minimum Gasteiger partial charge on any atom is -0.379 e. The van der Waals surface area contributed by atoms with E-state index < -0.39 is 0 Å². The summed E-state index contributed by atoms with van der Waals surface area (Å²) >= 11 is 0. The second kappa shape index (κ2) is 12.5. The summed E-state index contributed by atoms with van der Waals surface area (Å²) in [5.74, 6) is 1.79. The van der Waals surface area contributed by atoms with Gasteiger partial charge in [0.15, 0.2) is 5.96 Å². The van der Waals surface area contributed by atoms with Crippen molar-refractivity contribution < 1.29 is 4.74 Å². The van der Waals surface area contributed by atoms with Crippen molar-refractivity contribution in [3.63, 3.8) is 0 Å². The summed E-state index contributed by atoms with van der Waals surface area (Å²) in [4.78, 5) is 6.84. The molecular weight excluding hydrogens is 419 g/mol. The predicted octanol–water partition coefficient (Wildman–Crippen LogP) is 2.00. The Balaban J connectivity index is 0.00000288. The Morgan fingerprint density at radius 2 is 2.08 bits per heavy atom. The molecule has 0 radical (unpaired) electrons. The Bertz CT molecular complexity index is 449. The van der Waals surface area contributed by atoms with Gasteiger partial charge in [-0.15, -0.1) is 34.2 Å². The molecule has 1 aromatic rings. The molecule has 1 aliphatic rings. The monoisotopic (exact) mass is 450 g/mol. The van der Waals surface area contributed by atoms with Crippen LogP contribution in [0, 0.1) is 5.92 Å². The maximum Gasteiger partial charge on any atom is 0.193 e. The average Bonchev–Trinajstić information content (AvgIpc) is 3.23. The van der Waals surface area contributed by atoms with E-state index in [1.54, 1.807) is 12.7 Å². The van der Waals surface area contributed by atoms with Crippen molar-refractivity contribution >= 4 is 29.9 Å². The van der Waals surface area contributed by atoms with Crippen molar-refractivity contribution in [1.29, 1.82) is 0 Å². The summed E-state index contributed by atoms with van der Waals surface area (Å²) in [6, 6.07) is 0. The minimum absolute atomic E-state index is 0. The van der Waals surface area contributed by atoms with Gasteiger partial charge in [-0.25, -0.2) is 0 Å². The lowest BCUT2D eigenvalue weighted by atomic mass is 10.3. The number of hydrogen-bond acceptors (Lipinski definition) is 4. The standard InChI is InChI=1S/C16H30N6O.HI/c1-3-17-16(21(2)10-11-23-12-15-6-7-15)18-8-4-5-9-22-13-19-20-14-22;/h13-15H,3-12H2,1-2H3,(H,17,18);1H. The van der Waals surface area contributed by atoms with E-state index in [2.05, 4.69) is 34.4 Å². The zero-order valence-corrected chi connectivity index (χ0v) is 17.2. The van der Waals surface area contributed by atoms with Gasteiger partial charge in [0.05, 0.1) is 6.61 Å². The van der Waals surface area contributed by atoms with Gasteiger partial charge < -0.3 is 19.5 Å². The number of guanidine groups is 1. The van der Waals surface area contributed by atoms with E-state index in [4.69, 9.17) is 9.73 Å². The van der Waals surface area contributed by atoms with Gasteiger partial charge in [-0.3, -0.25) is 4.99 Å². The normalized spacial score (nSPS) is 14.3. The molecular formula is C16H31IN6O. The molecule has 8 heteroatoms. The van der Waals surface area contributed by atoms with Crippen LogP contribution in [0.15, 0.2) is 17.6 Å². The number of aromatic nitrogens is 3. The van der Waals surface area contributed by atoms with Crippen LogP contribution in [0.4, 0.5) is 0 Å². The van der Waals surface area contributed by atoms with Crippen molar-refractivity contribution in [3.05, 3.63) is 12.7 Å². The molecule has 0 aromatic carbocycles. The molecule has 0 amide bonds. The first-order valence-electron chi connectivity index (χ1n) is 8.69. The summed E-state index contributed by atoms with van der Waals surface area (Å²) in [7, 11) is 2.07. The number of likely N-dealkylation sites (N-methyl/N-ethyl adjacent to an activating group) is 1. The molecule has 0 saturated heterocycles. The quantitative estimate of drug-likeness (QED) is 0.242. The van der Waals surface area contributed by atoms with Crippen LogP contribution in [0.2, 0.25) is 0 Å². The van der Waals surface area contributed by atoms with E-state index in [-0.39, 0.29) is 24.0 Å². The highest BCUT2D eigenvalue weighted by Crippen LogP contribution is 2.28. The Kier molecular flexibility index (Phi) is 11.0. The maximum absolute atomic E-state index is 5.70. The van der Waals surface area contributed by atoms with Gasteiger partial charge in [0, 0.05) is 39.8 Å². The highest BCUT2D eigenvalue weighted by atomic mass is 127. The van der Waals surface area contributed by atoms with Crippen LogP contribution in [0.5, 0.6) is 0 Å². The summed E-state index contributed by atoms with van der Waals surface area (Å²) in [6.45, 7) is 7.32. The van der Waals surface area contributed by atoms with Gasteiger partial charge in [0.1, 0.15) is 12.7 Å². The van der Waals surface area contributed by atoms with Crippen molar-refractivity contribution in [2.45, 2.75) is 39.2 Å². The number of ether oxygens (including phenoxy) is 1. The highest BCUT2D eigenvalue weighted by molar-refractivity contribution is 14.0. The third kappa shape index (κ3) is 8.81. The molecule has 0 atom stereocenters. The van der Waals surface area contributed by atoms with E-state index >= 15 is 0 Å². The van der Waals surface area contributed by atoms with E-state index in [0.717, 1.165) is 64.1 Å². The first-order chi connectivity index (χ1) is 11.3. The Hall–Kier alpha value is -0.900. The number of rotatable bonds is 11. The summed E-state index contributed by atoms with van der Waals surface area (Å²) in [6.07, 6.45) is 8.32. The van der Waals surface area contributed by atoms with Gasteiger partial charge >= 0.3 is 0 Å². The Morgan fingerprint density at radius 1 is 1.33 bits per heavy atom. The number of halogens is 1. The fourth-order valence-electron chi connectivity index (χ4n) is 2.24. The molecule has 0 bridgehead atoms. The summed E-state index contributed by atoms with van der Waals surface area (Å²) in [5, 5.41) is 11.0. The molecule has 0 spiro atoms. The minimum atomic E-state index is 0. The average molecular weight is 450 g/mol. The van der Waals surface area contributed by atoms with Crippen LogP contribution in [0.25, 0.3) is 0 Å². The SMILES string of the molecule is CCNC(=NCCCCn1cnnc1)N(C)CCOCC1CC1.I. The van der Waals surface area contributed by atoms with Crippen LogP contribution in [0.1, 0.15) is 32.6 Å². The summed E-state index contributed by atoms with van der Waals surface area (Å²) < 4.78 is 7.70. The van der Waals surface area contributed by atoms with Crippen LogP contribution >= 0.6 is 24.0 Å². The van der Waals surface area contributed by atoms with Crippen molar-refractivity contribution in [2.75, 3.05) is 39.9 Å². The molecule has 1 saturated carbocycles. The molecule has 24 heavy (non-hydrogen) atoms. The molecule has 0 aliphatic heterocycles. The Morgan fingerprint density at radius 3 is 2.75 bits per heavy atom. The first-order valence-corrected chi connectivity index (χ1v) is 8.69. The van der Waals surface area contributed by atoms with Crippen LogP contribution < -0.4 is 5.32 Å². The van der Waals surface area contributed by atoms with Gasteiger partial charge in [0.2, 0.25) is 0 Å². The molecule has 1 aliphatic carbocycles. The third-order valence-corrected chi connectivity index (χ3v) is 3.87. The molecule has 1 aromatic heterocycles. The lowest BCUT2D eigenvalue weighted by Crippen LogP contribution is -2.40. The smallest absolute Gasteiger partial charge is 0.193 e. The summed E-state index contributed by atoms with van der Waals surface area (Å²) in [5.41, 5.74) is 0. The molecule has 7 nitrogen and oxygen atoms in total. The van der Waals surface area contributed by atoms with Crippen LogP contribution in [-0.4, -0.2) is 65.5 Å². The van der Waals surface area contributed by atoms with Crippen molar-refractivity contribution in [2.24, 2.45) is 10.9 Å². The van der Waals surface area contributed by atoms with Gasteiger partial charge in [-0.1, -0.05) is 0 Å². The molecule has 1 heterocycles. The molecule has 0 unspecified atom stereocenters. The van der Waals surface area contributed by atoms with E-state index in [1.807, 2.05) is 4.57 Å². The largest absolute Gasteiger partial charge is 0.379 e. The number of nitrogens with zero attached hydrogens (tertiary/aromatic N) is 5. The number of hydrogen-bond donors (Lipinski definition) is 1. The zero-order chi connectivity index (χ0) is 16.3. The zero-order valence-electron chi connectivity index (χ0n) is 14.9. The molecule has 138 valence electrons. The Labute approximate surface area is 162 Å². The lowest BCUT2D eigenvalue weighted by molar-refractivity contribution is 0.115. The first kappa shape index (κ1) is 21.1. The van der Waals surface area contributed by atoms with Crippen molar-refractivity contribution in [1.82, 2.24) is 25.0 Å². The van der Waals surface area contributed by atoms with Gasteiger partial charge in [-0.05, 0) is 38.5 Å².